The summed E-state index contributed by atoms with van der Waals surface area (Å²) >= 11 is 0. The van der Waals surface area contributed by atoms with Crippen molar-refractivity contribution in [2.75, 3.05) is 6.61 Å². The fourth-order valence-electron chi connectivity index (χ4n) is 1.67. The van der Waals surface area contributed by atoms with Crippen LogP contribution >= 0.6 is 0 Å². The van der Waals surface area contributed by atoms with E-state index in [-0.39, 0.29) is 19.6 Å². The van der Waals surface area contributed by atoms with E-state index in [1.54, 1.807) is 37.3 Å². The van der Waals surface area contributed by atoms with Gasteiger partial charge in [-0.25, -0.2) is 4.79 Å². The predicted octanol–water partition coefficient (Wildman–Crippen LogP) is 4.10. The van der Waals surface area contributed by atoms with Crippen LogP contribution in [-0.4, -0.2) is 17.7 Å². The van der Waals surface area contributed by atoms with E-state index in [1.807, 2.05) is 0 Å². The molecule has 0 aliphatic heterocycles. The number of esters is 1. The summed E-state index contributed by atoms with van der Waals surface area (Å²) in [7, 11) is 0. The Labute approximate surface area is 127 Å². The number of aliphatic hydroxyl groups excluding tert-OH is 1. The van der Waals surface area contributed by atoms with Crippen LogP contribution in [0.2, 0.25) is 0 Å². The summed E-state index contributed by atoms with van der Waals surface area (Å²) in [5, 5.41) is 9.76. The topological polar surface area (TPSA) is 55.8 Å². The standard InChI is InChI=1S/C16H18F2O4/c1-3-12(19)13(16(20)21-4-2)14(15(17)18)22-10-11-8-6-5-7-9-11/h5-9,19H,3-4,10H2,1-2H3/b13-12-. The maximum Gasteiger partial charge on any atom is 0.345 e. The average molecular weight is 312 g/mol. The van der Waals surface area contributed by atoms with Crippen LogP contribution in [0.25, 0.3) is 0 Å². The molecule has 1 aromatic rings. The number of ether oxygens (including phenoxy) is 2. The van der Waals surface area contributed by atoms with Gasteiger partial charge in [0, 0.05) is 6.42 Å². The van der Waals surface area contributed by atoms with Crippen LogP contribution in [0.4, 0.5) is 8.78 Å². The molecule has 0 saturated heterocycles. The average Bonchev–Trinajstić information content (AvgIpc) is 2.51. The molecule has 120 valence electrons. The minimum absolute atomic E-state index is 0.000372. The van der Waals surface area contributed by atoms with Gasteiger partial charge in [-0.15, -0.1) is 0 Å². The van der Waals surface area contributed by atoms with Gasteiger partial charge in [0.05, 0.1) is 6.61 Å². The number of allylic oxidation sites excluding steroid dienone is 1. The smallest absolute Gasteiger partial charge is 0.345 e. The summed E-state index contributed by atoms with van der Waals surface area (Å²) in [6.07, 6.45) is -2.20. The highest BCUT2D eigenvalue weighted by molar-refractivity contribution is 5.93. The van der Waals surface area contributed by atoms with Gasteiger partial charge >= 0.3 is 12.0 Å². The number of halogens is 2. The molecule has 0 aliphatic carbocycles. The summed E-state index contributed by atoms with van der Waals surface area (Å²) in [6.45, 7) is 2.91. The van der Waals surface area contributed by atoms with Crippen molar-refractivity contribution in [3.8, 4) is 0 Å². The van der Waals surface area contributed by atoms with Gasteiger partial charge in [0.15, 0.2) is 0 Å². The summed E-state index contributed by atoms with van der Waals surface area (Å²) in [5.74, 6) is -2.51. The maximum absolute atomic E-state index is 13.2. The van der Waals surface area contributed by atoms with Gasteiger partial charge in [0.1, 0.15) is 17.9 Å². The van der Waals surface area contributed by atoms with E-state index in [2.05, 4.69) is 0 Å². The third-order valence-electron chi connectivity index (χ3n) is 2.73. The zero-order chi connectivity index (χ0) is 16.5. The van der Waals surface area contributed by atoms with Crippen molar-refractivity contribution in [1.82, 2.24) is 0 Å². The summed E-state index contributed by atoms with van der Waals surface area (Å²) in [5.41, 5.74) is 0.0146. The first kappa shape index (κ1) is 17.7. The molecule has 1 N–H and O–H groups in total. The lowest BCUT2D eigenvalue weighted by Crippen LogP contribution is -2.15. The van der Waals surface area contributed by atoms with E-state index in [0.29, 0.717) is 5.56 Å². The van der Waals surface area contributed by atoms with Crippen LogP contribution in [0.3, 0.4) is 0 Å². The Morgan fingerprint density at radius 1 is 1.14 bits per heavy atom. The highest BCUT2D eigenvalue weighted by atomic mass is 19.3. The molecule has 0 unspecified atom stereocenters. The number of carbonyl (C=O) groups excluding carboxylic acids is 1. The molecule has 0 spiro atoms. The van der Waals surface area contributed by atoms with E-state index >= 15 is 0 Å². The summed E-state index contributed by atoms with van der Waals surface area (Å²) in [4.78, 5) is 11.8. The van der Waals surface area contributed by atoms with Crippen molar-refractivity contribution in [1.29, 1.82) is 0 Å². The number of benzene rings is 1. The maximum atomic E-state index is 13.2. The first-order valence-electron chi connectivity index (χ1n) is 6.82. The normalized spacial score (nSPS) is 11.5. The highest BCUT2D eigenvalue weighted by Gasteiger charge is 2.26. The van der Waals surface area contributed by atoms with Crippen molar-refractivity contribution in [2.24, 2.45) is 0 Å². The SMILES string of the molecule is CCOC(=O)/C(C(OCc1ccccc1)=C(F)F)=C(\O)CC. The Morgan fingerprint density at radius 2 is 1.77 bits per heavy atom. The number of rotatable bonds is 7. The molecular weight excluding hydrogens is 294 g/mol. The summed E-state index contributed by atoms with van der Waals surface area (Å²) < 4.78 is 36.1. The first-order valence-corrected chi connectivity index (χ1v) is 6.82. The Bertz CT molecular complexity index is 561. The molecule has 0 saturated carbocycles. The number of hydrogen-bond acceptors (Lipinski definition) is 4. The fraction of sp³-hybridized carbons (Fsp3) is 0.312. The largest absolute Gasteiger partial charge is 0.511 e. The predicted molar refractivity (Wildman–Crippen MR) is 77.1 cm³/mol. The molecule has 22 heavy (non-hydrogen) atoms. The molecule has 0 aromatic heterocycles. The van der Waals surface area contributed by atoms with E-state index in [0.717, 1.165) is 0 Å². The summed E-state index contributed by atoms with van der Waals surface area (Å²) in [6, 6.07) is 8.64. The van der Waals surface area contributed by atoms with Gasteiger partial charge in [-0.2, -0.15) is 8.78 Å². The Morgan fingerprint density at radius 3 is 2.27 bits per heavy atom. The quantitative estimate of drug-likeness (QED) is 0.356. The van der Waals surface area contributed by atoms with Crippen molar-refractivity contribution >= 4 is 5.97 Å². The zero-order valence-corrected chi connectivity index (χ0v) is 12.4. The van der Waals surface area contributed by atoms with Crippen LogP contribution in [-0.2, 0) is 20.9 Å². The van der Waals surface area contributed by atoms with Crippen LogP contribution < -0.4 is 0 Å². The lowest BCUT2D eigenvalue weighted by atomic mass is 10.1. The molecule has 0 aliphatic rings. The fourth-order valence-corrected chi connectivity index (χ4v) is 1.67. The molecule has 0 heterocycles. The number of carbonyl (C=O) groups is 1. The van der Waals surface area contributed by atoms with Crippen LogP contribution in [0.5, 0.6) is 0 Å². The van der Waals surface area contributed by atoms with Crippen LogP contribution in [0.15, 0.2) is 53.5 Å². The van der Waals surface area contributed by atoms with Crippen molar-refractivity contribution < 1.29 is 28.2 Å². The van der Waals surface area contributed by atoms with Crippen molar-refractivity contribution in [3.63, 3.8) is 0 Å². The minimum atomic E-state index is -2.20. The van der Waals surface area contributed by atoms with Gasteiger partial charge < -0.3 is 14.6 Å². The van der Waals surface area contributed by atoms with E-state index in [1.165, 1.54) is 6.92 Å². The second-order valence-corrected chi connectivity index (χ2v) is 4.26. The molecular formula is C16H18F2O4. The number of aliphatic hydroxyl groups is 1. The van der Waals surface area contributed by atoms with Gasteiger partial charge in [-0.05, 0) is 12.5 Å². The van der Waals surface area contributed by atoms with Gasteiger partial charge in [-0.3, -0.25) is 0 Å². The molecule has 0 radical (unpaired) electrons. The van der Waals surface area contributed by atoms with Crippen LogP contribution in [0.1, 0.15) is 25.8 Å². The lowest BCUT2D eigenvalue weighted by molar-refractivity contribution is -0.139. The minimum Gasteiger partial charge on any atom is -0.511 e. The van der Waals surface area contributed by atoms with Crippen LogP contribution in [0, 0.1) is 0 Å². The molecule has 0 atom stereocenters. The molecule has 4 nitrogen and oxygen atoms in total. The van der Waals surface area contributed by atoms with Crippen molar-refractivity contribution in [2.45, 2.75) is 26.9 Å². The highest BCUT2D eigenvalue weighted by Crippen LogP contribution is 2.25. The lowest BCUT2D eigenvalue weighted by Gasteiger charge is -2.14. The van der Waals surface area contributed by atoms with Gasteiger partial charge in [0.2, 0.25) is 5.76 Å². The second-order valence-electron chi connectivity index (χ2n) is 4.26. The Hall–Kier alpha value is -2.37. The second kappa shape index (κ2) is 8.81. The molecule has 0 amide bonds. The first-order chi connectivity index (χ1) is 10.5. The third kappa shape index (κ3) is 4.87. The molecule has 1 aromatic carbocycles. The van der Waals surface area contributed by atoms with E-state index in [9.17, 15) is 18.7 Å². The van der Waals surface area contributed by atoms with E-state index < -0.39 is 29.1 Å². The Balaban J connectivity index is 3.06. The van der Waals surface area contributed by atoms with E-state index in [4.69, 9.17) is 9.47 Å². The third-order valence-corrected chi connectivity index (χ3v) is 2.73. The van der Waals surface area contributed by atoms with Gasteiger partial charge in [0.25, 0.3) is 0 Å². The zero-order valence-electron chi connectivity index (χ0n) is 12.4. The molecule has 6 heteroatoms. The molecule has 0 bridgehead atoms. The number of hydrogen-bond donors (Lipinski definition) is 1. The molecule has 0 fully saturated rings. The van der Waals surface area contributed by atoms with Gasteiger partial charge in [-0.1, -0.05) is 37.3 Å². The van der Waals surface area contributed by atoms with Crippen molar-refractivity contribution in [3.05, 3.63) is 59.1 Å². The Kier molecular flexibility index (Phi) is 7.08. The molecule has 1 rings (SSSR count). The monoisotopic (exact) mass is 312 g/mol.